The zero-order valence-electron chi connectivity index (χ0n) is 12.4. The molecule has 5 nitrogen and oxygen atoms in total. The van der Waals surface area contributed by atoms with Gasteiger partial charge in [0, 0.05) is 11.8 Å². The number of esters is 2. The Morgan fingerprint density at radius 3 is 2.33 bits per heavy atom. The Morgan fingerprint density at radius 2 is 1.81 bits per heavy atom. The maximum absolute atomic E-state index is 12.9. The Morgan fingerprint density at radius 1 is 1.24 bits per heavy atom. The van der Waals surface area contributed by atoms with Crippen LogP contribution in [0.15, 0.2) is 35.2 Å². The van der Waals surface area contributed by atoms with Gasteiger partial charge in [0.15, 0.2) is 10.9 Å². The highest BCUT2D eigenvalue weighted by Gasteiger charge is 2.64. The molecule has 0 aliphatic carbocycles. The van der Waals surface area contributed by atoms with E-state index in [0.29, 0.717) is 4.90 Å². The van der Waals surface area contributed by atoms with E-state index in [2.05, 4.69) is 0 Å². The Balaban J connectivity index is 2.48. The molecule has 6 heteroatoms. The van der Waals surface area contributed by atoms with Gasteiger partial charge in [0.25, 0.3) is 0 Å². The van der Waals surface area contributed by atoms with Crippen LogP contribution < -0.4 is 0 Å². The molecule has 1 fully saturated rings. The van der Waals surface area contributed by atoms with Crippen molar-refractivity contribution in [2.24, 2.45) is 0 Å². The number of rotatable bonds is 3. The second-order valence-electron chi connectivity index (χ2n) is 5.67. The van der Waals surface area contributed by atoms with Gasteiger partial charge >= 0.3 is 11.9 Å². The topological polar surface area (TPSA) is 69.7 Å². The third kappa shape index (κ3) is 2.60. The first-order chi connectivity index (χ1) is 9.69. The van der Waals surface area contributed by atoms with Crippen molar-refractivity contribution in [3.8, 4) is 0 Å². The molecule has 0 spiro atoms. The van der Waals surface area contributed by atoms with Gasteiger partial charge in [-0.2, -0.15) is 0 Å². The van der Waals surface area contributed by atoms with Crippen LogP contribution in [0.5, 0.6) is 0 Å². The van der Waals surface area contributed by atoms with Gasteiger partial charge in [-0.15, -0.1) is 0 Å². The highest BCUT2D eigenvalue weighted by atomic mass is 32.2. The molecule has 1 saturated heterocycles. The van der Waals surface area contributed by atoms with Crippen molar-refractivity contribution in [2.75, 3.05) is 0 Å². The molecule has 1 aliphatic rings. The van der Waals surface area contributed by atoms with E-state index in [1.54, 1.807) is 44.2 Å². The predicted molar refractivity (Wildman–Crippen MR) is 77.0 cm³/mol. The lowest BCUT2D eigenvalue weighted by Gasteiger charge is -2.31. The lowest BCUT2D eigenvalue weighted by atomic mass is 9.94. The normalized spacial score (nSPS) is 28.8. The zero-order valence-corrected chi connectivity index (χ0v) is 13.2. The third-order valence-electron chi connectivity index (χ3n) is 3.52. The van der Waals surface area contributed by atoms with E-state index in [1.165, 1.54) is 13.8 Å². The maximum Gasteiger partial charge on any atom is 0.329 e. The summed E-state index contributed by atoms with van der Waals surface area (Å²) in [4.78, 5) is 24.2. The molecular weight excluding hydrogens is 292 g/mol. The van der Waals surface area contributed by atoms with Crippen molar-refractivity contribution in [3.63, 3.8) is 0 Å². The SMILES string of the molecule is CC(=O)O[C@H]1C(C)(C)OC(=O)[C@@]1(C)S(=O)c1ccccc1. The van der Waals surface area contributed by atoms with Crippen molar-refractivity contribution in [3.05, 3.63) is 30.3 Å². The minimum absolute atomic E-state index is 0.492. The third-order valence-corrected chi connectivity index (χ3v) is 5.37. The fourth-order valence-corrected chi connectivity index (χ4v) is 4.16. The molecule has 2 rings (SSSR count). The minimum Gasteiger partial charge on any atom is -0.456 e. The van der Waals surface area contributed by atoms with Crippen LogP contribution in [0.3, 0.4) is 0 Å². The summed E-state index contributed by atoms with van der Waals surface area (Å²) in [7, 11) is -1.70. The molecule has 0 amide bonds. The molecule has 0 radical (unpaired) electrons. The number of cyclic esters (lactones) is 1. The molecule has 1 aliphatic heterocycles. The van der Waals surface area contributed by atoms with E-state index in [4.69, 9.17) is 9.47 Å². The maximum atomic E-state index is 12.9. The molecule has 0 bridgehead atoms. The molecule has 0 N–H and O–H groups in total. The van der Waals surface area contributed by atoms with E-state index < -0.39 is 39.2 Å². The van der Waals surface area contributed by atoms with E-state index in [1.807, 2.05) is 0 Å². The Hall–Kier alpha value is -1.69. The van der Waals surface area contributed by atoms with Gasteiger partial charge in [-0.05, 0) is 32.9 Å². The number of ether oxygens (including phenoxy) is 2. The van der Waals surface area contributed by atoms with Gasteiger partial charge in [0.2, 0.25) is 0 Å². The molecule has 3 atom stereocenters. The number of carbonyl (C=O) groups excluding carboxylic acids is 2. The van der Waals surface area contributed by atoms with Gasteiger partial charge < -0.3 is 9.47 Å². The highest BCUT2D eigenvalue weighted by Crippen LogP contribution is 2.42. The monoisotopic (exact) mass is 310 g/mol. The molecule has 1 aromatic carbocycles. The molecule has 1 heterocycles. The van der Waals surface area contributed by atoms with Crippen LogP contribution in [0.4, 0.5) is 0 Å². The average Bonchev–Trinajstić information content (AvgIpc) is 2.59. The summed E-state index contributed by atoms with van der Waals surface area (Å²) >= 11 is 0. The second kappa shape index (κ2) is 5.26. The summed E-state index contributed by atoms with van der Waals surface area (Å²) in [6.07, 6.45) is -0.920. The van der Waals surface area contributed by atoms with E-state index in [-0.39, 0.29) is 0 Å². The average molecular weight is 310 g/mol. The summed E-state index contributed by atoms with van der Waals surface area (Å²) in [5.74, 6) is -1.16. The highest BCUT2D eigenvalue weighted by molar-refractivity contribution is 7.87. The molecule has 21 heavy (non-hydrogen) atoms. The fourth-order valence-electron chi connectivity index (χ4n) is 2.55. The first kappa shape index (κ1) is 15.7. The lowest BCUT2D eigenvalue weighted by Crippen LogP contribution is -2.52. The number of benzene rings is 1. The van der Waals surface area contributed by atoms with Crippen LogP contribution in [-0.2, 0) is 29.9 Å². The Kier molecular flexibility index (Phi) is 3.93. The minimum atomic E-state index is -1.70. The first-order valence-electron chi connectivity index (χ1n) is 6.57. The summed E-state index contributed by atoms with van der Waals surface area (Å²) in [6.45, 7) is 6.06. The van der Waals surface area contributed by atoms with Gasteiger partial charge in [0.1, 0.15) is 5.60 Å². The largest absolute Gasteiger partial charge is 0.456 e. The fraction of sp³-hybridized carbons (Fsp3) is 0.467. The van der Waals surface area contributed by atoms with Gasteiger partial charge in [0.05, 0.1) is 10.8 Å². The van der Waals surface area contributed by atoms with Crippen LogP contribution in [0, 0.1) is 0 Å². The summed E-state index contributed by atoms with van der Waals surface area (Å²) in [5, 5.41) is 0. The molecule has 0 saturated carbocycles. The van der Waals surface area contributed by atoms with E-state index in [0.717, 1.165) is 0 Å². The van der Waals surface area contributed by atoms with Crippen LogP contribution in [-0.4, -0.2) is 32.6 Å². The van der Waals surface area contributed by atoms with Crippen molar-refractivity contribution >= 4 is 22.7 Å². The predicted octanol–water partition coefficient (Wildman–Crippen LogP) is 1.82. The van der Waals surface area contributed by atoms with Crippen molar-refractivity contribution in [1.82, 2.24) is 0 Å². The molecular formula is C15H18O5S. The van der Waals surface area contributed by atoms with E-state index >= 15 is 0 Å². The van der Waals surface area contributed by atoms with E-state index in [9.17, 15) is 13.8 Å². The van der Waals surface area contributed by atoms with Crippen LogP contribution in [0.1, 0.15) is 27.7 Å². The zero-order chi connectivity index (χ0) is 15.8. The van der Waals surface area contributed by atoms with Gasteiger partial charge in [-0.3, -0.25) is 13.8 Å². The number of hydrogen-bond acceptors (Lipinski definition) is 5. The van der Waals surface area contributed by atoms with Gasteiger partial charge in [-0.25, -0.2) is 0 Å². The summed E-state index contributed by atoms with van der Waals surface area (Å²) < 4.78 is 22.0. The van der Waals surface area contributed by atoms with Crippen molar-refractivity contribution in [1.29, 1.82) is 0 Å². The smallest absolute Gasteiger partial charge is 0.329 e. The summed E-state index contributed by atoms with van der Waals surface area (Å²) in [6, 6.07) is 8.62. The Bertz CT molecular complexity index is 595. The molecule has 1 aromatic rings. The molecule has 1 unspecified atom stereocenters. The second-order valence-corrected chi connectivity index (χ2v) is 7.53. The van der Waals surface area contributed by atoms with Crippen LogP contribution in [0.2, 0.25) is 0 Å². The van der Waals surface area contributed by atoms with Crippen molar-refractivity contribution in [2.45, 2.75) is 49.0 Å². The lowest BCUT2D eigenvalue weighted by molar-refractivity contribution is -0.158. The Labute approximate surface area is 126 Å². The van der Waals surface area contributed by atoms with Crippen molar-refractivity contribution < 1.29 is 23.3 Å². The van der Waals surface area contributed by atoms with Crippen LogP contribution >= 0.6 is 0 Å². The first-order valence-corrected chi connectivity index (χ1v) is 7.72. The van der Waals surface area contributed by atoms with Gasteiger partial charge in [-0.1, -0.05) is 18.2 Å². The quantitative estimate of drug-likeness (QED) is 0.797. The summed E-state index contributed by atoms with van der Waals surface area (Å²) in [5.41, 5.74) is -1.03. The standard InChI is InChI=1S/C15H18O5S/c1-10(16)19-12-14(2,3)20-13(17)15(12,4)21(18)11-8-6-5-7-9-11/h5-9,12H,1-4H3/t12-,15-,21?/m0/s1. The van der Waals surface area contributed by atoms with Crippen LogP contribution in [0.25, 0.3) is 0 Å². The number of carbonyl (C=O) groups is 2. The molecule has 114 valence electrons. The molecule has 0 aromatic heterocycles. The number of hydrogen-bond donors (Lipinski definition) is 0.